The van der Waals surface area contributed by atoms with Gasteiger partial charge in [-0.3, -0.25) is 25.0 Å². The molecule has 26 heavy (non-hydrogen) atoms. The topological polar surface area (TPSA) is 154 Å². The minimum Gasteiger partial charge on any atom is -0.444 e. The highest BCUT2D eigenvalue weighted by Crippen LogP contribution is 2.22. The molecule has 0 saturated heterocycles. The van der Waals surface area contributed by atoms with Crippen LogP contribution in [0.4, 0.5) is 16.2 Å². The summed E-state index contributed by atoms with van der Waals surface area (Å²) in [4.78, 5) is 43.4. The average molecular weight is 368 g/mol. The van der Waals surface area contributed by atoms with Crippen LogP contribution in [0, 0.1) is 20.2 Å². The molecular weight excluding hydrogens is 348 g/mol. The van der Waals surface area contributed by atoms with Crippen LogP contribution in [-0.2, 0) is 4.74 Å². The number of ether oxygens (including phenoxy) is 1. The number of nitrogens with zero attached hydrogens (tertiary/aromatic N) is 2. The van der Waals surface area contributed by atoms with Gasteiger partial charge in [0.05, 0.1) is 21.5 Å². The van der Waals surface area contributed by atoms with E-state index in [1.165, 1.54) is 0 Å². The standard InChI is InChI=1S/C15H20N4O7/c1-15(2,3)26-14(21)17-6-4-5-16-13(20)10-7-11(18(22)23)9-12(8-10)19(24)25/h7-9H,4-6H2,1-3H3,(H,16,20)(H,17,21). The number of nitro benzene ring substituents is 2. The summed E-state index contributed by atoms with van der Waals surface area (Å²) in [7, 11) is 0. The van der Waals surface area contributed by atoms with Crippen molar-refractivity contribution in [3.8, 4) is 0 Å². The lowest BCUT2D eigenvalue weighted by Crippen LogP contribution is -2.34. The second-order valence-electron chi connectivity index (χ2n) is 6.29. The minimum absolute atomic E-state index is 0.158. The van der Waals surface area contributed by atoms with Gasteiger partial charge in [0.15, 0.2) is 0 Å². The van der Waals surface area contributed by atoms with Crippen molar-refractivity contribution >= 4 is 23.4 Å². The Balaban J connectivity index is 2.54. The molecule has 0 saturated carbocycles. The maximum atomic E-state index is 12.0. The number of benzene rings is 1. The Morgan fingerprint density at radius 1 is 1.00 bits per heavy atom. The minimum atomic E-state index is -0.811. The SMILES string of the molecule is CC(C)(C)OC(=O)NCCCNC(=O)c1cc([N+](=O)[O-])cc([N+](=O)[O-])c1. The molecule has 0 aliphatic carbocycles. The first-order chi connectivity index (χ1) is 12.0. The number of hydrogen-bond acceptors (Lipinski definition) is 7. The highest BCUT2D eigenvalue weighted by molar-refractivity contribution is 5.95. The van der Waals surface area contributed by atoms with Gasteiger partial charge in [0.1, 0.15) is 5.60 Å². The monoisotopic (exact) mass is 368 g/mol. The van der Waals surface area contributed by atoms with Crippen molar-refractivity contribution in [2.75, 3.05) is 13.1 Å². The number of alkyl carbamates (subject to hydrolysis) is 1. The van der Waals surface area contributed by atoms with E-state index in [2.05, 4.69) is 10.6 Å². The second-order valence-corrected chi connectivity index (χ2v) is 6.29. The summed E-state index contributed by atoms with van der Waals surface area (Å²) in [6.45, 7) is 5.58. The normalized spacial score (nSPS) is 10.7. The first-order valence-electron chi connectivity index (χ1n) is 7.68. The Labute approximate surface area is 149 Å². The predicted octanol–water partition coefficient (Wildman–Crippen LogP) is 2.15. The highest BCUT2D eigenvalue weighted by atomic mass is 16.6. The molecule has 2 amide bonds. The molecule has 0 heterocycles. The summed E-state index contributed by atoms with van der Waals surface area (Å²) in [5.74, 6) is -0.686. The molecule has 1 aromatic carbocycles. The molecule has 0 aromatic heterocycles. The third-order valence-electron chi connectivity index (χ3n) is 2.89. The van der Waals surface area contributed by atoms with E-state index < -0.39 is 38.8 Å². The fourth-order valence-electron chi connectivity index (χ4n) is 1.83. The zero-order valence-corrected chi connectivity index (χ0v) is 14.6. The van der Waals surface area contributed by atoms with Crippen molar-refractivity contribution in [2.24, 2.45) is 0 Å². The van der Waals surface area contributed by atoms with Gasteiger partial charge in [-0.1, -0.05) is 0 Å². The van der Waals surface area contributed by atoms with Gasteiger partial charge in [0, 0.05) is 25.2 Å². The smallest absolute Gasteiger partial charge is 0.407 e. The summed E-state index contributed by atoms with van der Waals surface area (Å²) in [6, 6.07) is 2.70. The Morgan fingerprint density at radius 2 is 1.50 bits per heavy atom. The molecule has 2 N–H and O–H groups in total. The van der Waals surface area contributed by atoms with Crippen LogP contribution in [0.25, 0.3) is 0 Å². The first kappa shape index (κ1) is 20.8. The third-order valence-corrected chi connectivity index (χ3v) is 2.89. The predicted molar refractivity (Wildman–Crippen MR) is 90.9 cm³/mol. The molecule has 1 rings (SSSR count). The zero-order chi connectivity index (χ0) is 19.9. The van der Waals surface area contributed by atoms with Crippen LogP contribution in [0.5, 0.6) is 0 Å². The third kappa shape index (κ3) is 7.11. The van der Waals surface area contributed by atoms with Crippen molar-refractivity contribution in [3.63, 3.8) is 0 Å². The van der Waals surface area contributed by atoms with Crippen molar-refractivity contribution in [1.82, 2.24) is 10.6 Å². The molecule has 0 aliphatic heterocycles. The molecule has 11 heteroatoms. The van der Waals surface area contributed by atoms with Crippen LogP contribution in [0.3, 0.4) is 0 Å². The van der Waals surface area contributed by atoms with Crippen LogP contribution in [-0.4, -0.2) is 40.5 Å². The fourth-order valence-corrected chi connectivity index (χ4v) is 1.83. The lowest BCUT2D eigenvalue weighted by molar-refractivity contribution is -0.394. The van der Waals surface area contributed by atoms with E-state index in [4.69, 9.17) is 4.74 Å². The summed E-state index contributed by atoms with van der Waals surface area (Å²) in [5.41, 5.74) is -1.90. The number of nitro groups is 2. The summed E-state index contributed by atoms with van der Waals surface area (Å²) in [5, 5.41) is 26.6. The van der Waals surface area contributed by atoms with Gasteiger partial charge < -0.3 is 15.4 Å². The van der Waals surface area contributed by atoms with Crippen LogP contribution in [0.2, 0.25) is 0 Å². The molecule has 142 valence electrons. The number of nitrogens with one attached hydrogen (secondary N) is 2. The van der Waals surface area contributed by atoms with Gasteiger partial charge in [-0.25, -0.2) is 4.79 Å². The lowest BCUT2D eigenvalue weighted by Gasteiger charge is -2.19. The van der Waals surface area contributed by atoms with Gasteiger partial charge >= 0.3 is 6.09 Å². The highest BCUT2D eigenvalue weighted by Gasteiger charge is 2.20. The van der Waals surface area contributed by atoms with Gasteiger partial charge in [-0.05, 0) is 27.2 Å². The Kier molecular flexibility index (Phi) is 6.99. The second kappa shape index (κ2) is 8.74. The fraction of sp³-hybridized carbons (Fsp3) is 0.467. The molecule has 0 fully saturated rings. The maximum absolute atomic E-state index is 12.0. The molecule has 0 radical (unpaired) electrons. The van der Waals surface area contributed by atoms with Crippen molar-refractivity contribution in [3.05, 3.63) is 44.0 Å². The van der Waals surface area contributed by atoms with Gasteiger partial charge in [0.25, 0.3) is 17.3 Å². The molecule has 11 nitrogen and oxygen atoms in total. The van der Waals surface area contributed by atoms with Crippen LogP contribution >= 0.6 is 0 Å². The summed E-state index contributed by atoms with van der Waals surface area (Å²) >= 11 is 0. The van der Waals surface area contributed by atoms with E-state index in [1.54, 1.807) is 20.8 Å². The van der Waals surface area contributed by atoms with Crippen LogP contribution in [0.1, 0.15) is 37.6 Å². The van der Waals surface area contributed by atoms with Gasteiger partial charge in [-0.15, -0.1) is 0 Å². The molecule has 0 unspecified atom stereocenters. The first-order valence-corrected chi connectivity index (χ1v) is 7.68. The van der Waals surface area contributed by atoms with E-state index >= 15 is 0 Å². The number of carbonyl (C=O) groups is 2. The van der Waals surface area contributed by atoms with Crippen molar-refractivity contribution in [1.29, 1.82) is 0 Å². The van der Waals surface area contributed by atoms with E-state index in [0.29, 0.717) is 6.42 Å². The maximum Gasteiger partial charge on any atom is 0.407 e. The van der Waals surface area contributed by atoms with E-state index in [9.17, 15) is 29.8 Å². The quantitative estimate of drug-likeness (QED) is 0.424. The largest absolute Gasteiger partial charge is 0.444 e. The molecule has 0 atom stereocenters. The van der Waals surface area contributed by atoms with Gasteiger partial charge in [-0.2, -0.15) is 0 Å². The number of carbonyl (C=O) groups excluding carboxylic acids is 2. The van der Waals surface area contributed by atoms with Gasteiger partial charge in [0.2, 0.25) is 0 Å². The van der Waals surface area contributed by atoms with Crippen molar-refractivity contribution in [2.45, 2.75) is 32.8 Å². The zero-order valence-electron chi connectivity index (χ0n) is 14.6. The van der Waals surface area contributed by atoms with E-state index in [1.807, 2.05) is 0 Å². The lowest BCUT2D eigenvalue weighted by atomic mass is 10.1. The molecule has 0 spiro atoms. The number of rotatable bonds is 7. The average Bonchev–Trinajstić information content (AvgIpc) is 2.52. The summed E-state index contributed by atoms with van der Waals surface area (Å²) in [6.07, 6.45) is -0.208. The van der Waals surface area contributed by atoms with Crippen LogP contribution in [0.15, 0.2) is 18.2 Å². The Morgan fingerprint density at radius 3 is 1.96 bits per heavy atom. The number of amides is 2. The molecular formula is C15H20N4O7. The molecule has 1 aromatic rings. The van der Waals surface area contributed by atoms with E-state index in [-0.39, 0.29) is 18.7 Å². The number of non-ortho nitro benzene ring substituents is 2. The Hall–Kier alpha value is -3.24. The summed E-state index contributed by atoms with van der Waals surface area (Å²) < 4.78 is 5.04. The van der Waals surface area contributed by atoms with Crippen molar-refractivity contribution < 1.29 is 24.2 Å². The van der Waals surface area contributed by atoms with Crippen LogP contribution < -0.4 is 10.6 Å². The van der Waals surface area contributed by atoms with E-state index in [0.717, 1.165) is 18.2 Å². The molecule has 0 bridgehead atoms. The number of hydrogen-bond donors (Lipinski definition) is 2. The Bertz CT molecular complexity index is 680. The molecule has 0 aliphatic rings.